The molecule has 1 N–H and O–H groups in total. The first-order chi connectivity index (χ1) is 6.02. The fraction of sp³-hybridized carbons (Fsp3) is 0.875. The fourth-order valence-corrected chi connectivity index (χ4v) is 3.18. The quantitative estimate of drug-likeness (QED) is 0.724. The second-order valence-corrected chi connectivity index (χ2v) is 5.42. The molecule has 1 aliphatic rings. The van der Waals surface area contributed by atoms with E-state index >= 15 is 0 Å². The van der Waals surface area contributed by atoms with E-state index in [4.69, 9.17) is 0 Å². The van der Waals surface area contributed by atoms with Gasteiger partial charge >= 0.3 is 0 Å². The molecule has 76 valence electrons. The van der Waals surface area contributed by atoms with Crippen molar-refractivity contribution in [1.29, 1.82) is 0 Å². The van der Waals surface area contributed by atoms with Crippen molar-refractivity contribution in [3.05, 3.63) is 0 Å². The van der Waals surface area contributed by atoms with Crippen LogP contribution in [0, 0.1) is 0 Å². The summed E-state index contributed by atoms with van der Waals surface area (Å²) in [5.41, 5.74) is 0. The molecule has 0 spiro atoms. The maximum atomic E-state index is 11.5. The number of hydrogen-bond donors (Lipinski definition) is 1. The summed E-state index contributed by atoms with van der Waals surface area (Å²) >= 11 is 0. The number of carbonyl (C=O) groups excluding carboxylic acids is 1. The zero-order valence-corrected chi connectivity index (χ0v) is 8.56. The first-order valence-electron chi connectivity index (χ1n) is 4.54. The van der Waals surface area contributed by atoms with Gasteiger partial charge in [0.25, 0.3) is 0 Å². The van der Waals surface area contributed by atoms with Crippen molar-refractivity contribution in [2.45, 2.75) is 44.3 Å². The van der Waals surface area contributed by atoms with Crippen molar-refractivity contribution in [3.8, 4) is 0 Å². The number of amides is 1. The molecule has 13 heavy (non-hydrogen) atoms. The summed E-state index contributed by atoms with van der Waals surface area (Å²) in [6.45, 7) is 1.22. The van der Waals surface area contributed by atoms with E-state index in [2.05, 4.69) is 0 Å². The molecule has 1 fully saturated rings. The van der Waals surface area contributed by atoms with Crippen LogP contribution in [0.4, 0.5) is 0 Å². The van der Waals surface area contributed by atoms with Gasteiger partial charge in [0.05, 0.1) is 5.25 Å². The van der Waals surface area contributed by atoms with Gasteiger partial charge in [0, 0.05) is 6.92 Å². The van der Waals surface area contributed by atoms with Gasteiger partial charge in [-0.3, -0.25) is 9.52 Å². The third kappa shape index (κ3) is 2.99. The number of rotatable bonds is 2. The van der Waals surface area contributed by atoms with Crippen LogP contribution in [0.5, 0.6) is 0 Å². The standard InChI is InChI=1S/C8H15NO3S/c1-7(10)9-13(11,12)8-5-3-2-4-6-8/h8H,2-6H2,1H3,(H,9,10). The van der Waals surface area contributed by atoms with Crippen LogP contribution in [0.3, 0.4) is 0 Å². The van der Waals surface area contributed by atoms with Crippen LogP contribution in [-0.4, -0.2) is 19.6 Å². The van der Waals surface area contributed by atoms with Gasteiger partial charge in [-0.15, -0.1) is 0 Å². The minimum Gasteiger partial charge on any atom is -0.274 e. The summed E-state index contributed by atoms with van der Waals surface area (Å²) in [5.74, 6) is -0.495. The summed E-state index contributed by atoms with van der Waals surface area (Å²) in [6, 6.07) is 0. The second kappa shape index (κ2) is 4.09. The van der Waals surface area contributed by atoms with E-state index < -0.39 is 15.9 Å². The Balaban J connectivity index is 2.62. The van der Waals surface area contributed by atoms with Gasteiger partial charge in [-0.25, -0.2) is 8.42 Å². The monoisotopic (exact) mass is 205 g/mol. The molecule has 0 unspecified atom stereocenters. The molecule has 0 aromatic carbocycles. The molecule has 0 aromatic heterocycles. The largest absolute Gasteiger partial charge is 0.274 e. The van der Waals surface area contributed by atoms with Gasteiger partial charge in [0.1, 0.15) is 0 Å². The molecule has 1 rings (SSSR count). The fourth-order valence-electron chi connectivity index (χ4n) is 1.66. The van der Waals surface area contributed by atoms with Crippen LogP contribution in [0.1, 0.15) is 39.0 Å². The summed E-state index contributed by atoms with van der Waals surface area (Å²) in [6.07, 6.45) is 4.37. The zero-order chi connectivity index (χ0) is 9.90. The molecule has 0 saturated heterocycles. The van der Waals surface area contributed by atoms with Crippen molar-refractivity contribution in [2.24, 2.45) is 0 Å². The predicted octanol–water partition coefficient (Wildman–Crippen LogP) is 0.785. The number of hydrogen-bond acceptors (Lipinski definition) is 3. The third-order valence-corrected chi connectivity index (χ3v) is 4.20. The smallest absolute Gasteiger partial charge is 0.237 e. The maximum absolute atomic E-state index is 11.5. The lowest BCUT2D eigenvalue weighted by Crippen LogP contribution is -2.38. The Hall–Kier alpha value is -0.580. The van der Waals surface area contributed by atoms with Crippen molar-refractivity contribution >= 4 is 15.9 Å². The van der Waals surface area contributed by atoms with E-state index in [0.717, 1.165) is 19.3 Å². The molecule has 0 bridgehead atoms. The van der Waals surface area contributed by atoms with Crippen LogP contribution >= 0.6 is 0 Å². The lowest BCUT2D eigenvalue weighted by Gasteiger charge is -2.21. The van der Waals surface area contributed by atoms with E-state index in [1.54, 1.807) is 0 Å². The lowest BCUT2D eigenvalue weighted by molar-refractivity contribution is -0.117. The molecule has 4 nitrogen and oxygen atoms in total. The van der Waals surface area contributed by atoms with Crippen molar-refractivity contribution in [1.82, 2.24) is 4.72 Å². The molecule has 0 heterocycles. The van der Waals surface area contributed by atoms with Crippen LogP contribution in [0.25, 0.3) is 0 Å². The van der Waals surface area contributed by atoms with Gasteiger partial charge in [-0.2, -0.15) is 0 Å². The topological polar surface area (TPSA) is 63.2 Å². The molecule has 0 radical (unpaired) electrons. The first-order valence-corrected chi connectivity index (χ1v) is 6.09. The van der Waals surface area contributed by atoms with E-state index in [1.165, 1.54) is 6.92 Å². The Morgan fingerprint density at radius 1 is 1.23 bits per heavy atom. The predicted molar refractivity (Wildman–Crippen MR) is 49.6 cm³/mol. The molecule has 0 aromatic rings. The SMILES string of the molecule is CC(=O)NS(=O)(=O)C1CCCCC1. The van der Waals surface area contributed by atoms with Gasteiger partial charge in [-0.05, 0) is 12.8 Å². The Morgan fingerprint density at radius 3 is 2.23 bits per heavy atom. The second-order valence-electron chi connectivity index (χ2n) is 3.46. The van der Waals surface area contributed by atoms with Crippen molar-refractivity contribution in [2.75, 3.05) is 0 Å². The van der Waals surface area contributed by atoms with Gasteiger partial charge in [-0.1, -0.05) is 19.3 Å². The van der Waals surface area contributed by atoms with Crippen molar-refractivity contribution < 1.29 is 13.2 Å². The highest BCUT2D eigenvalue weighted by atomic mass is 32.2. The Kier molecular flexibility index (Phi) is 3.30. The summed E-state index contributed by atoms with van der Waals surface area (Å²) in [4.78, 5) is 10.6. The number of carbonyl (C=O) groups is 1. The van der Waals surface area contributed by atoms with Crippen LogP contribution in [-0.2, 0) is 14.8 Å². The molecule has 1 aliphatic carbocycles. The molecule has 1 saturated carbocycles. The van der Waals surface area contributed by atoms with Crippen molar-refractivity contribution in [3.63, 3.8) is 0 Å². The summed E-state index contributed by atoms with van der Waals surface area (Å²) < 4.78 is 25.0. The maximum Gasteiger partial charge on any atom is 0.237 e. The van der Waals surface area contributed by atoms with E-state index in [0.29, 0.717) is 12.8 Å². The Labute approximate surface area is 78.8 Å². The van der Waals surface area contributed by atoms with Crippen LogP contribution in [0.15, 0.2) is 0 Å². The first kappa shape index (κ1) is 10.5. The van der Waals surface area contributed by atoms with E-state index in [-0.39, 0.29) is 5.25 Å². The van der Waals surface area contributed by atoms with Gasteiger partial charge in [0.15, 0.2) is 0 Å². The highest BCUT2D eigenvalue weighted by molar-refractivity contribution is 7.90. The lowest BCUT2D eigenvalue weighted by atomic mass is 10.0. The molecular formula is C8H15NO3S. The average Bonchev–Trinajstić information content (AvgIpc) is 2.04. The van der Waals surface area contributed by atoms with E-state index in [9.17, 15) is 13.2 Å². The Bertz CT molecular complexity index is 278. The summed E-state index contributed by atoms with van der Waals surface area (Å²) in [7, 11) is -3.38. The normalized spacial score (nSPS) is 19.8. The third-order valence-electron chi connectivity index (χ3n) is 2.28. The minimum absolute atomic E-state index is 0.356. The summed E-state index contributed by atoms with van der Waals surface area (Å²) in [5, 5.41) is -0.356. The number of sulfonamides is 1. The van der Waals surface area contributed by atoms with Crippen LogP contribution in [0.2, 0.25) is 0 Å². The Morgan fingerprint density at radius 2 is 1.77 bits per heavy atom. The highest BCUT2D eigenvalue weighted by Crippen LogP contribution is 2.22. The molecule has 0 atom stereocenters. The van der Waals surface area contributed by atoms with Crippen LogP contribution < -0.4 is 4.72 Å². The van der Waals surface area contributed by atoms with Gasteiger partial charge in [0.2, 0.25) is 15.9 Å². The van der Waals surface area contributed by atoms with E-state index in [1.807, 2.05) is 4.72 Å². The highest BCUT2D eigenvalue weighted by Gasteiger charge is 2.27. The number of nitrogens with one attached hydrogen (secondary N) is 1. The molecule has 5 heteroatoms. The molecule has 0 aliphatic heterocycles. The average molecular weight is 205 g/mol. The molecule has 1 amide bonds. The minimum atomic E-state index is -3.38. The molecular weight excluding hydrogens is 190 g/mol. The van der Waals surface area contributed by atoms with Gasteiger partial charge < -0.3 is 0 Å². The zero-order valence-electron chi connectivity index (χ0n) is 7.75.